The lowest BCUT2D eigenvalue weighted by Crippen LogP contribution is -2.49. The fraction of sp³-hybridized carbons (Fsp3) is 0.750. The van der Waals surface area contributed by atoms with Crippen molar-refractivity contribution in [2.45, 2.75) is 45.7 Å². The molecule has 0 atom stereocenters. The number of aliphatic imine (C=N–C) groups is 1. The number of halogens is 1. The van der Waals surface area contributed by atoms with E-state index in [1.165, 1.54) is 0 Å². The second-order valence-corrected chi connectivity index (χ2v) is 6.50. The van der Waals surface area contributed by atoms with Crippen molar-refractivity contribution < 1.29 is 4.79 Å². The molecule has 0 radical (unpaired) electrons. The Bertz CT molecular complexity index is 579. The van der Waals surface area contributed by atoms with Crippen LogP contribution < -0.4 is 10.6 Å². The van der Waals surface area contributed by atoms with Crippen molar-refractivity contribution in [3.05, 3.63) is 12.2 Å². The standard InChI is InChI=1S/C16H29N7O.HI/c1-5-23-12-20-21-13(23)10-18-15(17-2)19-11-16(8-6-7-9-16)14(24)22(3)4;/h12H,5-11H2,1-4H3,(H2,17,18,19);1H. The molecular weight excluding hydrogens is 433 g/mol. The van der Waals surface area contributed by atoms with E-state index in [1.807, 2.05) is 18.7 Å². The van der Waals surface area contributed by atoms with Gasteiger partial charge in [-0.25, -0.2) is 0 Å². The van der Waals surface area contributed by atoms with Crippen molar-refractivity contribution in [3.8, 4) is 0 Å². The van der Waals surface area contributed by atoms with Crippen LogP contribution in [0.4, 0.5) is 0 Å². The first-order valence-electron chi connectivity index (χ1n) is 8.55. The van der Waals surface area contributed by atoms with E-state index in [4.69, 9.17) is 0 Å². The van der Waals surface area contributed by atoms with E-state index in [2.05, 4.69) is 32.7 Å². The molecule has 0 unspecified atom stereocenters. The summed E-state index contributed by atoms with van der Waals surface area (Å²) in [4.78, 5) is 18.6. The summed E-state index contributed by atoms with van der Waals surface area (Å²) in [5, 5.41) is 14.6. The fourth-order valence-electron chi connectivity index (χ4n) is 3.31. The lowest BCUT2D eigenvalue weighted by Gasteiger charge is -2.31. The maximum Gasteiger partial charge on any atom is 0.230 e. The van der Waals surface area contributed by atoms with Crippen LogP contribution in [0.5, 0.6) is 0 Å². The Morgan fingerprint density at radius 3 is 2.60 bits per heavy atom. The van der Waals surface area contributed by atoms with Gasteiger partial charge in [-0.05, 0) is 19.8 Å². The van der Waals surface area contributed by atoms with Gasteiger partial charge in [-0.3, -0.25) is 9.79 Å². The van der Waals surface area contributed by atoms with Gasteiger partial charge in [0.15, 0.2) is 11.8 Å². The van der Waals surface area contributed by atoms with Gasteiger partial charge in [0.25, 0.3) is 0 Å². The summed E-state index contributed by atoms with van der Waals surface area (Å²) < 4.78 is 1.98. The molecule has 1 aliphatic carbocycles. The first kappa shape index (κ1) is 21.7. The molecule has 1 aromatic rings. The number of carbonyl (C=O) groups is 1. The average molecular weight is 463 g/mol. The van der Waals surface area contributed by atoms with Crippen LogP contribution in [0, 0.1) is 5.41 Å². The molecule has 142 valence electrons. The normalized spacial score (nSPS) is 16.2. The van der Waals surface area contributed by atoms with Crippen LogP contribution in [0.25, 0.3) is 0 Å². The summed E-state index contributed by atoms with van der Waals surface area (Å²) >= 11 is 0. The summed E-state index contributed by atoms with van der Waals surface area (Å²) in [5.41, 5.74) is -0.315. The molecule has 0 saturated heterocycles. The zero-order valence-electron chi connectivity index (χ0n) is 15.6. The molecule has 1 amide bonds. The van der Waals surface area contributed by atoms with Crippen LogP contribution in [0.2, 0.25) is 0 Å². The number of aryl methyl sites for hydroxylation is 1. The second-order valence-electron chi connectivity index (χ2n) is 6.50. The summed E-state index contributed by atoms with van der Waals surface area (Å²) in [5.74, 6) is 1.74. The number of nitrogens with one attached hydrogen (secondary N) is 2. The minimum absolute atomic E-state index is 0. The van der Waals surface area contributed by atoms with Crippen LogP contribution in [-0.2, 0) is 17.9 Å². The molecule has 8 nitrogen and oxygen atoms in total. The molecule has 0 aliphatic heterocycles. The molecule has 2 N–H and O–H groups in total. The minimum Gasteiger partial charge on any atom is -0.355 e. The minimum atomic E-state index is -0.315. The maximum atomic E-state index is 12.6. The molecule has 1 saturated carbocycles. The molecule has 1 fully saturated rings. The number of hydrogen-bond donors (Lipinski definition) is 2. The Balaban J connectivity index is 0.00000312. The number of aromatic nitrogens is 3. The first-order chi connectivity index (χ1) is 11.5. The second kappa shape index (κ2) is 9.93. The van der Waals surface area contributed by atoms with Crippen molar-refractivity contribution in [1.29, 1.82) is 0 Å². The van der Waals surface area contributed by atoms with Gasteiger partial charge in [0.1, 0.15) is 6.33 Å². The Morgan fingerprint density at radius 1 is 1.36 bits per heavy atom. The molecule has 2 rings (SSSR count). The summed E-state index contributed by atoms with van der Waals surface area (Å²) in [6.45, 7) is 4.03. The van der Waals surface area contributed by atoms with E-state index >= 15 is 0 Å². The number of amides is 1. The van der Waals surface area contributed by atoms with E-state index in [9.17, 15) is 4.79 Å². The maximum absolute atomic E-state index is 12.6. The van der Waals surface area contributed by atoms with Gasteiger partial charge in [0.05, 0.1) is 12.0 Å². The van der Waals surface area contributed by atoms with Crippen LogP contribution >= 0.6 is 24.0 Å². The molecule has 0 spiro atoms. The summed E-state index contributed by atoms with van der Waals surface area (Å²) in [6, 6.07) is 0. The zero-order chi connectivity index (χ0) is 17.6. The van der Waals surface area contributed by atoms with Crippen LogP contribution in [0.1, 0.15) is 38.4 Å². The summed E-state index contributed by atoms with van der Waals surface area (Å²) in [7, 11) is 5.38. The predicted octanol–water partition coefficient (Wildman–Crippen LogP) is 1.23. The van der Waals surface area contributed by atoms with E-state index in [0.29, 0.717) is 19.0 Å². The lowest BCUT2D eigenvalue weighted by atomic mass is 9.84. The SMILES string of the molecule is CCn1cnnc1CNC(=NC)NCC1(C(=O)N(C)C)CCCC1.I. The monoisotopic (exact) mass is 463 g/mol. The Hall–Kier alpha value is -1.39. The lowest BCUT2D eigenvalue weighted by molar-refractivity contribution is -0.138. The van der Waals surface area contributed by atoms with Gasteiger partial charge >= 0.3 is 0 Å². The highest BCUT2D eigenvalue weighted by atomic mass is 127. The van der Waals surface area contributed by atoms with Gasteiger partial charge in [-0.2, -0.15) is 0 Å². The highest BCUT2D eigenvalue weighted by Crippen LogP contribution is 2.38. The average Bonchev–Trinajstić information content (AvgIpc) is 3.23. The molecule has 0 aromatic carbocycles. The van der Waals surface area contributed by atoms with Gasteiger partial charge in [0.2, 0.25) is 5.91 Å². The number of guanidine groups is 1. The molecule has 1 aliphatic rings. The number of rotatable bonds is 6. The van der Waals surface area contributed by atoms with E-state index in [-0.39, 0.29) is 35.3 Å². The molecular formula is C16H30IN7O. The van der Waals surface area contributed by atoms with Gasteiger partial charge < -0.3 is 20.1 Å². The molecule has 0 bridgehead atoms. The van der Waals surface area contributed by atoms with Gasteiger partial charge in [0, 0.05) is 34.2 Å². The van der Waals surface area contributed by atoms with Crippen LogP contribution in [-0.4, -0.2) is 59.2 Å². The number of nitrogens with zero attached hydrogens (tertiary/aromatic N) is 5. The van der Waals surface area contributed by atoms with Gasteiger partial charge in [-0.15, -0.1) is 34.2 Å². The highest BCUT2D eigenvalue weighted by Gasteiger charge is 2.42. The largest absolute Gasteiger partial charge is 0.355 e. The zero-order valence-corrected chi connectivity index (χ0v) is 17.9. The van der Waals surface area contributed by atoms with Crippen molar-refractivity contribution in [2.75, 3.05) is 27.7 Å². The number of hydrogen-bond acceptors (Lipinski definition) is 4. The third-order valence-corrected chi connectivity index (χ3v) is 4.69. The summed E-state index contributed by atoms with van der Waals surface area (Å²) in [6.07, 6.45) is 5.78. The van der Waals surface area contributed by atoms with E-state index in [1.54, 1.807) is 18.3 Å². The molecule has 1 heterocycles. The molecule has 25 heavy (non-hydrogen) atoms. The Labute approximate surface area is 166 Å². The molecule has 9 heteroatoms. The van der Waals surface area contributed by atoms with Crippen molar-refractivity contribution in [2.24, 2.45) is 10.4 Å². The fourth-order valence-corrected chi connectivity index (χ4v) is 3.31. The third-order valence-electron chi connectivity index (χ3n) is 4.69. The Kier molecular flexibility index (Phi) is 8.60. The quantitative estimate of drug-likeness (QED) is 0.377. The van der Waals surface area contributed by atoms with Crippen LogP contribution in [0.15, 0.2) is 11.3 Å². The van der Waals surface area contributed by atoms with Gasteiger partial charge in [-0.1, -0.05) is 12.8 Å². The highest BCUT2D eigenvalue weighted by molar-refractivity contribution is 14.0. The Morgan fingerprint density at radius 2 is 2.04 bits per heavy atom. The smallest absolute Gasteiger partial charge is 0.230 e. The number of carbonyl (C=O) groups excluding carboxylic acids is 1. The van der Waals surface area contributed by atoms with E-state index in [0.717, 1.165) is 38.1 Å². The third kappa shape index (κ3) is 5.29. The van der Waals surface area contributed by atoms with Crippen LogP contribution in [0.3, 0.4) is 0 Å². The predicted molar refractivity (Wildman–Crippen MR) is 109 cm³/mol. The topological polar surface area (TPSA) is 87.4 Å². The van der Waals surface area contributed by atoms with Crippen molar-refractivity contribution >= 4 is 35.8 Å². The first-order valence-corrected chi connectivity index (χ1v) is 8.55. The van der Waals surface area contributed by atoms with E-state index < -0.39 is 0 Å². The van der Waals surface area contributed by atoms with Crippen molar-refractivity contribution in [1.82, 2.24) is 30.3 Å². The molecule has 1 aromatic heterocycles. The van der Waals surface area contributed by atoms with Crippen molar-refractivity contribution in [3.63, 3.8) is 0 Å².